The SMILES string of the molecule is O.O.O=S(=O)([O-])[O-].O=S(=O)([O-])[O-].O=S(=O)([O-])[O-].O=S(=O)([O-])[O-].O=S(=O)([O-])[O-].[Al+3].[Al+3].[Ca+2].[Ca+2]. The fourth-order valence-corrected chi connectivity index (χ4v) is 0. The fourth-order valence-electron chi connectivity index (χ4n) is 0. The molecular weight excluding hydrogens is 646 g/mol. The first-order valence-corrected chi connectivity index (χ1v) is 10.0. The van der Waals surface area contributed by atoms with Crippen molar-refractivity contribution in [3.05, 3.63) is 0 Å². The summed E-state index contributed by atoms with van der Waals surface area (Å²) in [5.74, 6) is 0. The van der Waals surface area contributed by atoms with Crippen molar-refractivity contribution in [2.24, 2.45) is 0 Å². The van der Waals surface area contributed by atoms with Crippen molar-refractivity contribution in [3.8, 4) is 0 Å². The van der Waals surface area contributed by atoms with Crippen molar-refractivity contribution in [1.29, 1.82) is 0 Å². The monoisotopic (exact) mass is 650 g/mol. The van der Waals surface area contributed by atoms with Crippen molar-refractivity contribution < 1.29 is 98.6 Å². The molecule has 0 aromatic heterocycles. The molecule has 0 unspecified atom stereocenters. The van der Waals surface area contributed by atoms with Crippen LogP contribution < -0.4 is 0 Å². The van der Waals surface area contributed by atoms with Gasteiger partial charge < -0.3 is 56.5 Å². The Morgan fingerprint density at radius 3 is 0.290 bits per heavy atom. The molecule has 0 aromatic carbocycles. The average Bonchev–Trinajstić information content (AvgIpc) is 1.79. The summed E-state index contributed by atoms with van der Waals surface area (Å²) in [6.07, 6.45) is 0. The van der Waals surface area contributed by atoms with Gasteiger partial charge in [-0.3, -0.25) is 42.1 Å². The Bertz CT molecular complexity index is 630. The Balaban J connectivity index is -0.0000000171. The van der Waals surface area contributed by atoms with Gasteiger partial charge in [-0.15, -0.1) is 0 Å². The second kappa shape index (κ2) is 30.9. The van der Waals surface area contributed by atoms with E-state index in [4.69, 9.17) is 87.6 Å². The zero-order valence-electron chi connectivity index (χ0n) is 13.8. The molecule has 0 aliphatic carbocycles. The summed E-state index contributed by atoms with van der Waals surface area (Å²) in [6.45, 7) is 0. The predicted molar refractivity (Wildman–Crippen MR) is 82.6 cm³/mol. The van der Waals surface area contributed by atoms with Crippen molar-refractivity contribution >= 4 is 162 Å². The van der Waals surface area contributed by atoms with Gasteiger partial charge in [0.2, 0.25) is 0 Å². The minimum Gasteiger partial charge on any atom is -0.759 e. The van der Waals surface area contributed by atoms with Gasteiger partial charge in [-0.1, -0.05) is 0 Å². The largest absolute Gasteiger partial charge is 3.00 e. The Labute approximate surface area is 256 Å². The van der Waals surface area contributed by atoms with E-state index in [1.165, 1.54) is 0 Å². The van der Waals surface area contributed by atoms with Crippen LogP contribution >= 0.6 is 0 Å². The molecule has 0 heterocycles. The first-order valence-electron chi connectivity index (χ1n) is 3.33. The zero-order chi connectivity index (χ0) is 22.5. The van der Waals surface area contributed by atoms with E-state index in [1.54, 1.807) is 0 Å². The van der Waals surface area contributed by atoms with E-state index in [9.17, 15) is 0 Å². The van der Waals surface area contributed by atoms with Crippen LogP contribution in [0.5, 0.6) is 0 Å². The van der Waals surface area contributed by atoms with Crippen LogP contribution in [0.3, 0.4) is 0 Å². The summed E-state index contributed by atoms with van der Waals surface area (Å²) in [4.78, 5) is 0. The maximum atomic E-state index is 8.52. The first kappa shape index (κ1) is 70.0. The standard InChI is InChI=1S/2Al.2Ca.5H2O4S.2H2O/c;;;;5*1-5(2,3)4;;/h;;;;5*(H2,1,2,3,4);2*1H2/q2*+3;2*+2;;;;;;;/p-10. The normalized spacial score (nSPS) is 9.35. The molecule has 0 saturated carbocycles. The summed E-state index contributed by atoms with van der Waals surface area (Å²) in [5, 5.41) is 0. The molecule has 0 aromatic rings. The van der Waals surface area contributed by atoms with Gasteiger partial charge in [0.1, 0.15) is 0 Å². The minimum atomic E-state index is -5.17. The molecule has 0 spiro atoms. The Hall–Kier alpha value is 2.85. The second-order valence-electron chi connectivity index (χ2n) is 2.04. The molecular formula is H4Al2Ca2O22S5. The molecule has 31 heteroatoms. The predicted octanol–water partition coefficient (Wildman–Crippen LogP) is -9.86. The van der Waals surface area contributed by atoms with Crippen molar-refractivity contribution in [2.45, 2.75) is 0 Å². The van der Waals surface area contributed by atoms with Crippen LogP contribution in [-0.4, -0.2) is 209 Å². The van der Waals surface area contributed by atoms with E-state index >= 15 is 0 Å². The van der Waals surface area contributed by atoms with E-state index in [0.717, 1.165) is 0 Å². The van der Waals surface area contributed by atoms with E-state index in [1.807, 2.05) is 0 Å². The van der Waals surface area contributed by atoms with Crippen LogP contribution in [0.4, 0.5) is 0 Å². The Kier molecular flexibility index (Phi) is 69.7. The quantitative estimate of drug-likeness (QED) is 0.133. The third-order valence-corrected chi connectivity index (χ3v) is 0. The molecule has 0 amide bonds. The molecule has 0 fully saturated rings. The van der Waals surface area contributed by atoms with E-state index in [2.05, 4.69) is 0 Å². The smallest absolute Gasteiger partial charge is 0.759 e. The molecule has 22 nitrogen and oxygen atoms in total. The van der Waals surface area contributed by atoms with Crippen molar-refractivity contribution in [3.63, 3.8) is 0 Å². The molecule has 0 radical (unpaired) electrons. The van der Waals surface area contributed by atoms with Gasteiger partial charge >= 0.3 is 110 Å². The van der Waals surface area contributed by atoms with Gasteiger partial charge in [0.05, 0.1) is 0 Å². The third kappa shape index (κ3) is 3840. The second-order valence-corrected chi connectivity index (χ2v) is 6.12. The van der Waals surface area contributed by atoms with E-state index in [-0.39, 0.29) is 121 Å². The summed E-state index contributed by atoms with van der Waals surface area (Å²) in [6, 6.07) is 0. The van der Waals surface area contributed by atoms with Crippen LogP contribution in [0, 0.1) is 0 Å². The summed E-state index contributed by atoms with van der Waals surface area (Å²) in [5.41, 5.74) is 0. The van der Waals surface area contributed by atoms with Crippen LogP contribution in [0.2, 0.25) is 0 Å². The molecule has 0 aliphatic heterocycles. The van der Waals surface area contributed by atoms with Gasteiger partial charge in [-0.05, 0) is 0 Å². The zero-order valence-corrected chi connectivity index (χ0v) is 24.6. The van der Waals surface area contributed by atoms with Gasteiger partial charge in [0.25, 0.3) is 0 Å². The molecule has 0 rings (SSSR count). The number of rotatable bonds is 0. The Morgan fingerprint density at radius 2 is 0.290 bits per heavy atom. The van der Waals surface area contributed by atoms with E-state index < -0.39 is 52.0 Å². The average molecular weight is 650 g/mol. The van der Waals surface area contributed by atoms with Crippen molar-refractivity contribution in [2.75, 3.05) is 0 Å². The maximum absolute atomic E-state index is 8.52. The molecule has 0 saturated heterocycles. The molecule has 0 aliphatic rings. The van der Waals surface area contributed by atoms with Crippen LogP contribution in [0.15, 0.2) is 0 Å². The molecule has 176 valence electrons. The first-order chi connectivity index (χ1) is 10.0. The third-order valence-electron chi connectivity index (χ3n) is 0. The van der Waals surface area contributed by atoms with Crippen LogP contribution in [0.25, 0.3) is 0 Å². The topological polar surface area (TPSA) is 464 Å². The van der Waals surface area contributed by atoms with E-state index in [0.29, 0.717) is 0 Å². The minimum absolute atomic E-state index is 0. The van der Waals surface area contributed by atoms with Gasteiger partial charge in [-0.2, -0.15) is 0 Å². The van der Waals surface area contributed by atoms with Crippen LogP contribution in [-0.2, 0) is 52.0 Å². The molecule has 0 bridgehead atoms. The molecule has 0 atom stereocenters. The van der Waals surface area contributed by atoms with Crippen molar-refractivity contribution in [1.82, 2.24) is 0 Å². The van der Waals surface area contributed by atoms with Gasteiger partial charge in [0.15, 0.2) is 0 Å². The number of hydrogen-bond donors (Lipinski definition) is 0. The maximum Gasteiger partial charge on any atom is 3.00 e. The summed E-state index contributed by atoms with van der Waals surface area (Å²) >= 11 is 0. The summed E-state index contributed by atoms with van der Waals surface area (Å²) in [7, 11) is -25.8. The summed E-state index contributed by atoms with van der Waals surface area (Å²) < 4.78 is 170. The van der Waals surface area contributed by atoms with Crippen LogP contribution in [0.1, 0.15) is 0 Å². The molecule has 31 heavy (non-hydrogen) atoms. The molecule has 4 N–H and O–H groups in total. The fraction of sp³-hybridized carbons (Fsp3) is 0. The number of hydrogen-bond acceptors (Lipinski definition) is 20. The Morgan fingerprint density at radius 1 is 0.290 bits per heavy atom. The van der Waals surface area contributed by atoms with Gasteiger partial charge in [0, 0.05) is 52.0 Å². The van der Waals surface area contributed by atoms with Gasteiger partial charge in [-0.25, -0.2) is 0 Å².